The minimum atomic E-state index is -0.387. The fourth-order valence-electron chi connectivity index (χ4n) is 3.49. The summed E-state index contributed by atoms with van der Waals surface area (Å²) in [4.78, 5) is 32.3. The molecule has 2 aromatic carbocycles. The summed E-state index contributed by atoms with van der Waals surface area (Å²) >= 11 is 1.45. The van der Waals surface area contributed by atoms with E-state index in [1.807, 2.05) is 19.1 Å². The maximum atomic E-state index is 13.3. The van der Waals surface area contributed by atoms with Crippen LogP contribution in [0.15, 0.2) is 58.5 Å². The summed E-state index contributed by atoms with van der Waals surface area (Å²) < 4.78 is 19.0. The second-order valence-corrected chi connectivity index (χ2v) is 8.36. The van der Waals surface area contributed by atoms with Crippen molar-refractivity contribution in [2.45, 2.75) is 37.4 Å². The molecule has 31 heavy (non-hydrogen) atoms. The van der Waals surface area contributed by atoms with E-state index in [0.717, 1.165) is 23.3 Å². The van der Waals surface area contributed by atoms with E-state index in [9.17, 15) is 14.0 Å². The summed E-state index contributed by atoms with van der Waals surface area (Å²) in [6.07, 6.45) is 1.12. The number of aromatic nitrogens is 2. The number of H-pyrrole nitrogens is 1. The summed E-state index contributed by atoms with van der Waals surface area (Å²) in [6, 6.07) is 13.5. The SMILES string of the molecule is CCCSc1nc2c(c(=O)[nH]1)C(c1ccc(OCc3cccc(F)c3)cc1)CC(=O)N2. The Morgan fingerprint density at radius 2 is 2.00 bits per heavy atom. The summed E-state index contributed by atoms with van der Waals surface area (Å²) in [5.41, 5.74) is 1.79. The van der Waals surface area contributed by atoms with Crippen LogP contribution in [0.5, 0.6) is 5.75 Å². The lowest BCUT2D eigenvalue weighted by atomic mass is 9.87. The quantitative estimate of drug-likeness (QED) is 0.419. The number of nitrogens with zero attached hydrogens (tertiary/aromatic N) is 1. The predicted molar refractivity (Wildman–Crippen MR) is 118 cm³/mol. The molecule has 0 spiro atoms. The van der Waals surface area contributed by atoms with Gasteiger partial charge in [0.05, 0.1) is 5.56 Å². The number of halogens is 1. The molecule has 1 aliphatic rings. The number of nitrogens with one attached hydrogen (secondary N) is 2. The van der Waals surface area contributed by atoms with Gasteiger partial charge in [0.2, 0.25) is 5.91 Å². The Morgan fingerprint density at radius 3 is 2.74 bits per heavy atom. The first-order valence-electron chi connectivity index (χ1n) is 10.1. The zero-order valence-electron chi connectivity index (χ0n) is 17.0. The van der Waals surface area contributed by atoms with Gasteiger partial charge in [-0.3, -0.25) is 9.59 Å². The van der Waals surface area contributed by atoms with E-state index in [0.29, 0.717) is 22.3 Å². The molecule has 1 aromatic heterocycles. The first kappa shape index (κ1) is 21.1. The van der Waals surface area contributed by atoms with Crippen molar-refractivity contribution in [1.82, 2.24) is 9.97 Å². The molecular formula is C23H22FN3O3S. The molecule has 1 atom stereocenters. The Kier molecular flexibility index (Phi) is 6.36. The number of benzene rings is 2. The van der Waals surface area contributed by atoms with Crippen molar-refractivity contribution in [3.05, 3.63) is 81.4 Å². The van der Waals surface area contributed by atoms with Crippen LogP contribution in [0.4, 0.5) is 10.2 Å². The van der Waals surface area contributed by atoms with Crippen molar-refractivity contribution in [1.29, 1.82) is 0 Å². The van der Waals surface area contributed by atoms with E-state index < -0.39 is 0 Å². The number of aromatic amines is 1. The van der Waals surface area contributed by atoms with Gasteiger partial charge in [-0.2, -0.15) is 0 Å². The molecule has 8 heteroatoms. The minimum absolute atomic E-state index is 0.169. The van der Waals surface area contributed by atoms with E-state index in [4.69, 9.17) is 4.74 Å². The second-order valence-electron chi connectivity index (χ2n) is 7.27. The molecule has 0 radical (unpaired) electrons. The van der Waals surface area contributed by atoms with E-state index >= 15 is 0 Å². The van der Waals surface area contributed by atoms with Crippen molar-refractivity contribution < 1.29 is 13.9 Å². The highest BCUT2D eigenvalue weighted by molar-refractivity contribution is 7.99. The van der Waals surface area contributed by atoms with Crippen LogP contribution in [0, 0.1) is 5.82 Å². The van der Waals surface area contributed by atoms with Crippen LogP contribution in [0.1, 0.15) is 42.4 Å². The van der Waals surface area contributed by atoms with Crippen LogP contribution in [0.25, 0.3) is 0 Å². The van der Waals surface area contributed by atoms with Gasteiger partial charge in [0.25, 0.3) is 5.56 Å². The third kappa shape index (κ3) is 4.96. The number of anilines is 1. The number of ether oxygens (including phenoxy) is 1. The fourth-order valence-corrected chi connectivity index (χ4v) is 4.21. The molecule has 0 saturated carbocycles. The first-order chi connectivity index (χ1) is 15.0. The number of rotatable bonds is 7. The number of fused-ring (bicyclic) bond motifs is 1. The highest BCUT2D eigenvalue weighted by atomic mass is 32.2. The van der Waals surface area contributed by atoms with Crippen LogP contribution >= 0.6 is 11.8 Å². The van der Waals surface area contributed by atoms with Gasteiger partial charge in [-0.25, -0.2) is 9.37 Å². The van der Waals surface area contributed by atoms with E-state index in [-0.39, 0.29) is 36.2 Å². The number of thioether (sulfide) groups is 1. The second kappa shape index (κ2) is 9.34. The standard InChI is InChI=1S/C23H22FN3O3S/c1-2-10-31-23-26-21-20(22(29)27-23)18(12-19(28)25-21)15-6-8-17(9-7-15)30-13-14-4-3-5-16(24)11-14/h3-9,11,18H,2,10,12-13H2,1H3,(H2,25,26,27,28,29). The maximum absolute atomic E-state index is 13.3. The monoisotopic (exact) mass is 439 g/mol. The Labute approximate surface area is 183 Å². The third-order valence-corrected chi connectivity index (χ3v) is 6.03. The number of amides is 1. The van der Waals surface area contributed by atoms with Crippen LogP contribution in [-0.2, 0) is 11.4 Å². The zero-order chi connectivity index (χ0) is 21.8. The average molecular weight is 440 g/mol. The number of carbonyl (C=O) groups excluding carboxylic acids is 1. The first-order valence-corrected chi connectivity index (χ1v) is 11.1. The summed E-state index contributed by atoms with van der Waals surface area (Å²) in [5.74, 6) is 0.912. The van der Waals surface area contributed by atoms with Crippen LogP contribution in [-0.4, -0.2) is 21.6 Å². The molecule has 2 N–H and O–H groups in total. The Hall–Kier alpha value is -3.13. The predicted octanol–water partition coefficient (Wildman–Crippen LogP) is 4.46. The number of carbonyl (C=O) groups is 1. The van der Waals surface area contributed by atoms with Gasteiger partial charge in [0.15, 0.2) is 5.16 Å². The topological polar surface area (TPSA) is 84.1 Å². The van der Waals surface area contributed by atoms with Gasteiger partial charge < -0.3 is 15.0 Å². The maximum Gasteiger partial charge on any atom is 0.257 e. The lowest BCUT2D eigenvalue weighted by molar-refractivity contribution is -0.116. The van der Waals surface area contributed by atoms with E-state index in [1.54, 1.807) is 24.3 Å². The Morgan fingerprint density at radius 1 is 1.19 bits per heavy atom. The molecule has 6 nitrogen and oxygen atoms in total. The molecule has 1 aliphatic heterocycles. The molecule has 0 aliphatic carbocycles. The van der Waals surface area contributed by atoms with Crippen molar-refractivity contribution in [3.63, 3.8) is 0 Å². The minimum Gasteiger partial charge on any atom is -0.489 e. The molecule has 1 amide bonds. The molecule has 0 bridgehead atoms. The number of hydrogen-bond donors (Lipinski definition) is 2. The molecule has 2 heterocycles. The van der Waals surface area contributed by atoms with Crippen molar-refractivity contribution in [2.24, 2.45) is 0 Å². The van der Waals surface area contributed by atoms with Crippen LogP contribution in [0.3, 0.4) is 0 Å². The lowest BCUT2D eigenvalue weighted by Crippen LogP contribution is -2.31. The van der Waals surface area contributed by atoms with Gasteiger partial charge in [-0.05, 0) is 41.8 Å². The van der Waals surface area contributed by atoms with Gasteiger partial charge in [-0.15, -0.1) is 0 Å². The molecule has 160 valence electrons. The molecule has 0 fully saturated rings. The summed E-state index contributed by atoms with van der Waals surface area (Å²) in [6.45, 7) is 2.29. The Bertz CT molecular complexity index is 1150. The highest BCUT2D eigenvalue weighted by Gasteiger charge is 2.31. The van der Waals surface area contributed by atoms with Crippen molar-refractivity contribution >= 4 is 23.5 Å². The van der Waals surface area contributed by atoms with Gasteiger partial charge >= 0.3 is 0 Å². The van der Waals surface area contributed by atoms with Crippen molar-refractivity contribution in [3.8, 4) is 5.75 Å². The van der Waals surface area contributed by atoms with Crippen LogP contribution < -0.4 is 15.6 Å². The molecular weight excluding hydrogens is 417 g/mol. The molecule has 0 saturated heterocycles. The Balaban J connectivity index is 1.54. The van der Waals surface area contributed by atoms with Gasteiger partial charge in [-0.1, -0.05) is 43.0 Å². The summed E-state index contributed by atoms with van der Waals surface area (Å²) in [7, 11) is 0. The van der Waals surface area contributed by atoms with Gasteiger partial charge in [0.1, 0.15) is 24.0 Å². The largest absolute Gasteiger partial charge is 0.489 e. The summed E-state index contributed by atoms with van der Waals surface area (Å²) in [5, 5.41) is 3.24. The fraction of sp³-hybridized carbons (Fsp3) is 0.261. The molecule has 4 rings (SSSR count). The van der Waals surface area contributed by atoms with Crippen LogP contribution in [0.2, 0.25) is 0 Å². The normalized spacial score (nSPS) is 15.3. The van der Waals surface area contributed by atoms with Gasteiger partial charge in [0, 0.05) is 18.1 Å². The van der Waals surface area contributed by atoms with E-state index in [1.165, 1.54) is 23.9 Å². The smallest absolute Gasteiger partial charge is 0.257 e. The molecule has 3 aromatic rings. The highest BCUT2D eigenvalue weighted by Crippen LogP contribution is 2.35. The molecule has 1 unspecified atom stereocenters. The van der Waals surface area contributed by atoms with E-state index in [2.05, 4.69) is 15.3 Å². The average Bonchev–Trinajstić information content (AvgIpc) is 2.76. The van der Waals surface area contributed by atoms with Crippen molar-refractivity contribution in [2.75, 3.05) is 11.1 Å². The lowest BCUT2D eigenvalue weighted by Gasteiger charge is -2.24. The third-order valence-electron chi connectivity index (χ3n) is 4.95. The number of hydrogen-bond acceptors (Lipinski definition) is 5. The zero-order valence-corrected chi connectivity index (χ0v) is 17.8.